The fourth-order valence-corrected chi connectivity index (χ4v) is 3.65. The first kappa shape index (κ1) is 12.9. The summed E-state index contributed by atoms with van der Waals surface area (Å²) in [6, 6.07) is 4.64. The first-order valence-electron chi connectivity index (χ1n) is 6.83. The van der Waals surface area contributed by atoms with Crippen molar-refractivity contribution in [3.05, 3.63) is 33.9 Å². The Morgan fingerprint density at radius 2 is 2.15 bits per heavy atom. The number of rotatable bonds is 4. The van der Waals surface area contributed by atoms with Crippen molar-refractivity contribution in [1.29, 1.82) is 0 Å². The summed E-state index contributed by atoms with van der Waals surface area (Å²) < 4.78 is 0. The van der Waals surface area contributed by atoms with Crippen LogP contribution in [0.3, 0.4) is 0 Å². The van der Waals surface area contributed by atoms with Gasteiger partial charge in [-0.2, -0.15) is 0 Å². The number of nitro benzene ring substituents is 1. The molecule has 0 aromatic heterocycles. The van der Waals surface area contributed by atoms with Crippen molar-refractivity contribution < 1.29 is 14.8 Å². The number of nitro groups is 1. The molecular formula is C14H16N2O4. The van der Waals surface area contributed by atoms with E-state index in [4.69, 9.17) is 5.11 Å². The van der Waals surface area contributed by atoms with Gasteiger partial charge in [0.15, 0.2) is 0 Å². The van der Waals surface area contributed by atoms with Crippen LogP contribution in [0.5, 0.6) is 0 Å². The van der Waals surface area contributed by atoms with Crippen LogP contribution < -0.4 is 5.32 Å². The van der Waals surface area contributed by atoms with Crippen molar-refractivity contribution in [2.75, 3.05) is 5.32 Å². The molecule has 106 valence electrons. The molecule has 6 heteroatoms. The van der Waals surface area contributed by atoms with Crippen LogP contribution in [0.2, 0.25) is 0 Å². The van der Waals surface area contributed by atoms with Gasteiger partial charge >= 0.3 is 11.7 Å². The number of aromatic carboxylic acids is 1. The maximum Gasteiger partial charge on any atom is 0.342 e. The number of nitrogens with zero attached hydrogens (tertiary/aromatic N) is 1. The number of hydrogen-bond donors (Lipinski definition) is 2. The number of carboxylic acid groups (broad SMARTS) is 1. The highest BCUT2D eigenvalue weighted by Crippen LogP contribution is 2.46. The van der Waals surface area contributed by atoms with Gasteiger partial charge in [0.05, 0.1) is 4.92 Å². The summed E-state index contributed by atoms with van der Waals surface area (Å²) in [6.07, 6.45) is 4.62. The van der Waals surface area contributed by atoms with E-state index in [0.29, 0.717) is 11.6 Å². The number of hydrogen-bond acceptors (Lipinski definition) is 4. The molecule has 2 aliphatic rings. The van der Waals surface area contributed by atoms with Crippen LogP contribution in [0.25, 0.3) is 0 Å². The van der Waals surface area contributed by atoms with E-state index < -0.39 is 10.9 Å². The van der Waals surface area contributed by atoms with Crippen molar-refractivity contribution >= 4 is 17.3 Å². The molecule has 1 aromatic carbocycles. The molecule has 0 radical (unpaired) electrons. The van der Waals surface area contributed by atoms with Crippen molar-refractivity contribution in [2.24, 2.45) is 11.8 Å². The van der Waals surface area contributed by atoms with E-state index in [0.717, 1.165) is 18.8 Å². The molecule has 2 saturated carbocycles. The Morgan fingerprint density at radius 3 is 2.70 bits per heavy atom. The normalized spacial score (nSPS) is 27.5. The first-order chi connectivity index (χ1) is 9.56. The van der Waals surface area contributed by atoms with E-state index in [9.17, 15) is 14.9 Å². The second-order valence-corrected chi connectivity index (χ2v) is 5.69. The van der Waals surface area contributed by atoms with Gasteiger partial charge in [-0.25, -0.2) is 4.79 Å². The Morgan fingerprint density at radius 1 is 1.35 bits per heavy atom. The van der Waals surface area contributed by atoms with Gasteiger partial charge in [0, 0.05) is 6.04 Å². The maximum atomic E-state index is 11.2. The molecule has 0 spiro atoms. The molecule has 3 atom stereocenters. The molecule has 2 N–H and O–H groups in total. The Kier molecular flexibility index (Phi) is 3.08. The molecule has 0 amide bonds. The number of fused-ring (bicyclic) bond motifs is 2. The lowest BCUT2D eigenvalue weighted by molar-refractivity contribution is -0.384. The lowest BCUT2D eigenvalue weighted by atomic mass is 9.95. The minimum atomic E-state index is -1.27. The molecule has 3 unspecified atom stereocenters. The van der Waals surface area contributed by atoms with Crippen LogP contribution in [-0.2, 0) is 0 Å². The van der Waals surface area contributed by atoms with E-state index in [1.54, 1.807) is 12.1 Å². The largest absolute Gasteiger partial charge is 0.477 e. The van der Waals surface area contributed by atoms with E-state index in [-0.39, 0.29) is 17.3 Å². The predicted octanol–water partition coefficient (Wildman–Crippen LogP) is 2.89. The summed E-state index contributed by atoms with van der Waals surface area (Å²) in [4.78, 5) is 21.7. The highest BCUT2D eigenvalue weighted by molar-refractivity contribution is 5.95. The molecule has 20 heavy (non-hydrogen) atoms. The van der Waals surface area contributed by atoms with Crippen molar-refractivity contribution in [2.45, 2.75) is 31.7 Å². The Hall–Kier alpha value is -2.11. The van der Waals surface area contributed by atoms with Crippen LogP contribution in [0, 0.1) is 22.0 Å². The zero-order chi connectivity index (χ0) is 14.3. The number of para-hydroxylation sites is 1. The van der Waals surface area contributed by atoms with Crippen LogP contribution in [-0.4, -0.2) is 22.0 Å². The second-order valence-electron chi connectivity index (χ2n) is 5.69. The van der Waals surface area contributed by atoms with E-state index >= 15 is 0 Å². The van der Waals surface area contributed by atoms with Gasteiger partial charge in [0.25, 0.3) is 0 Å². The topological polar surface area (TPSA) is 92.5 Å². The molecule has 2 bridgehead atoms. The second kappa shape index (κ2) is 4.77. The summed E-state index contributed by atoms with van der Waals surface area (Å²) >= 11 is 0. The summed E-state index contributed by atoms with van der Waals surface area (Å²) in [5, 5.41) is 23.5. The SMILES string of the molecule is O=C(O)c1cccc(NC2CC3CCC2C3)c1[N+](=O)[O-]. The molecule has 3 rings (SSSR count). The number of nitrogens with one attached hydrogen (secondary N) is 1. The number of benzene rings is 1. The van der Waals surface area contributed by atoms with Crippen molar-refractivity contribution in [3.8, 4) is 0 Å². The van der Waals surface area contributed by atoms with Gasteiger partial charge in [-0.1, -0.05) is 12.5 Å². The van der Waals surface area contributed by atoms with E-state index in [1.807, 2.05) is 0 Å². The standard InChI is InChI=1S/C14H16N2O4/c17-14(18)10-2-1-3-11(13(10)16(19)20)15-12-7-8-4-5-9(12)6-8/h1-3,8-9,12,15H,4-7H2,(H,17,18). The van der Waals surface area contributed by atoms with Crippen molar-refractivity contribution in [1.82, 2.24) is 0 Å². The molecule has 0 aliphatic heterocycles. The number of carbonyl (C=O) groups is 1. The Bertz CT molecular complexity index is 572. The third kappa shape index (κ3) is 2.11. The lowest BCUT2D eigenvalue weighted by Gasteiger charge is -2.24. The van der Waals surface area contributed by atoms with E-state index in [1.165, 1.54) is 18.9 Å². The van der Waals surface area contributed by atoms with Gasteiger partial charge in [-0.3, -0.25) is 10.1 Å². The highest BCUT2D eigenvalue weighted by Gasteiger charge is 2.40. The zero-order valence-electron chi connectivity index (χ0n) is 10.9. The average molecular weight is 276 g/mol. The number of anilines is 1. The third-order valence-electron chi connectivity index (χ3n) is 4.53. The lowest BCUT2D eigenvalue weighted by Crippen LogP contribution is -2.26. The van der Waals surface area contributed by atoms with Gasteiger partial charge < -0.3 is 10.4 Å². The monoisotopic (exact) mass is 276 g/mol. The Labute approximate surface area is 115 Å². The summed E-state index contributed by atoms with van der Waals surface area (Å²) in [5.74, 6) is 0.0144. The van der Waals surface area contributed by atoms with Crippen LogP contribution in [0.1, 0.15) is 36.0 Å². The molecule has 0 saturated heterocycles. The molecule has 2 aliphatic carbocycles. The highest BCUT2D eigenvalue weighted by atomic mass is 16.6. The number of carboxylic acids is 1. The summed E-state index contributed by atoms with van der Waals surface area (Å²) in [5.41, 5.74) is -0.265. The fourth-order valence-electron chi connectivity index (χ4n) is 3.65. The minimum Gasteiger partial charge on any atom is -0.477 e. The smallest absolute Gasteiger partial charge is 0.342 e. The predicted molar refractivity (Wildman–Crippen MR) is 72.9 cm³/mol. The molecular weight excluding hydrogens is 260 g/mol. The maximum absolute atomic E-state index is 11.2. The van der Waals surface area contributed by atoms with Crippen LogP contribution in [0.4, 0.5) is 11.4 Å². The van der Waals surface area contributed by atoms with Crippen LogP contribution in [0.15, 0.2) is 18.2 Å². The van der Waals surface area contributed by atoms with Crippen LogP contribution >= 0.6 is 0 Å². The van der Waals surface area contributed by atoms with Crippen molar-refractivity contribution in [3.63, 3.8) is 0 Å². The van der Waals surface area contributed by atoms with E-state index in [2.05, 4.69) is 5.32 Å². The van der Waals surface area contributed by atoms with Gasteiger partial charge in [0.2, 0.25) is 0 Å². The quantitative estimate of drug-likeness (QED) is 0.651. The minimum absolute atomic E-state index is 0.233. The van der Waals surface area contributed by atoms with Gasteiger partial charge in [0.1, 0.15) is 11.3 Å². The average Bonchev–Trinajstić information content (AvgIpc) is 3.00. The zero-order valence-corrected chi connectivity index (χ0v) is 10.9. The summed E-state index contributed by atoms with van der Waals surface area (Å²) in [7, 11) is 0. The van der Waals surface area contributed by atoms with Gasteiger partial charge in [-0.15, -0.1) is 0 Å². The van der Waals surface area contributed by atoms with Gasteiger partial charge in [-0.05, 0) is 43.2 Å². The fraction of sp³-hybridized carbons (Fsp3) is 0.500. The molecule has 0 heterocycles. The Balaban J connectivity index is 1.91. The molecule has 1 aromatic rings. The molecule has 2 fully saturated rings. The summed E-state index contributed by atoms with van der Waals surface area (Å²) in [6.45, 7) is 0. The first-order valence-corrected chi connectivity index (χ1v) is 6.83. The third-order valence-corrected chi connectivity index (χ3v) is 4.53. The molecule has 6 nitrogen and oxygen atoms in total.